The molecule has 3 N–H and O–H groups in total. The molecule has 0 radical (unpaired) electrons. The van der Waals surface area contributed by atoms with Crippen LogP contribution < -0.4 is 0 Å². The van der Waals surface area contributed by atoms with Crippen LogP contribution in [0.1, 0.15) is 113 Å². The van der Waals surface area contributed by atoms with E-state index in [4.69, 9.17) is 0 Å². The quantitative estimate of drug-likeness (QED) is 0.389. The Labute approximate surface area is 206 Å². The van der Waals surface area contributed by atoms with Crippen LogP contribution in [0.4, 0.5) is 0 Å². The first-order valence-electron chi connectivity index (χ1n) is 13.9. The summed E-state index contributed by atoms with van der Waals surface area (Å²) >= 11 is 0. The highest BCUT2D eigenvalue weighted by molar-refractivity contribution is 5.80. The molecule has 4 fully saturated rings. The minimum absolute atomic E-state index is 0.0107. The molecule has 0 aromatic carbocycles. The fourth-order valence-corrected chi connectivity index (χ4v) is 10.7. The van der Waals surface area contributed by atoms with Crippen LogP contribution in [0.5, 0.6) is 0 Å². The van der Waals surface area contributed by atoms with Gasteiger partial charge in [-0.25, -0.2) is 0 Å². The summed E-state index contributed by atoms with van der Waals surface area (Å²) in [5, 5.41) is 32.4. The van der Waals surface area contributed by atoms with Crippen molar-refractivity contribution in [1.82, 2.24) is 0 Å². The molecule has 8 atom stereocenters. The number of aliphatic carboxylic acids is 1. The van der Waals surface area contributed by atoms with E-state index in [2.05, 4.69) is 48.5 Å². The van der Waals surface area contributed by atoms with Crippen molar-refractivity contribution in [3.05, 3.63) is 11.1 Å². The monoisotopic (exact) mass is 472 g/mol. The number of fused-ring (bicyclic) bond motifs is 6. The van der Waals surface area contributed by atoms with E-state index in [0.29, 0.717) is 18.3 Å². The van der Waals surface area contributed by atoms with Gasteiger partial charge in [-0.3, -0.25) is 4.79 Å². The van der Waals surface area contributed by atoms with E-state index in [1.165, 1.54) is 11.1 Å². The second-order valence-corrected chi connectivity index (χ2v) is 15.2. The van der Waals surface area contributed by atoms with Crippen molar-refractivity contribution in [2.24, 2.45) is 44.3 Å². The van der Waals surface area contributed by atoms with Crippen LogP contribution in [0.2, 0.25) is 0 Å². The number of hydrogen-bond acceptors (Lipinski definition) is 3. The molecule has 34 heavy (non-hydrogen) atoms. The fourth-order valence-electron chi connectivity index (χ4n) is 10.7. The number of aliphatic hydroxyl groups is 2. The number of allylic oxidation sites excluding steroid dienone is 1. The maximum Gasteiger partial charge on any atom is 0.313 e. The zero-order valence-corrected chi connectivity index (χ0v) is 22.6. The largest absolute Gasteiger partial charge is 0.481 e. The molecule has 0 amide bonds. The smallest absolute Gasteiger partial charge is 0.313 e. The van der Waals surface area contributed by atoms with Crippen molar-refractivity contribution >= 4 is 5.97 Å². The topological polar surface area (TPSA) is 77.8 Å². The molecule has 0 bridgehead atoms. The SMILES string of the molecule is CC1(C)CC[C@]2(C(=O)O)CC[C@]3(C)C(=C2C1)CC[C@@H]1[C@@]2(C)C[C@@H](O)[C@H](O)C(C)(C)[C@@H]2CC[C@]13C. The minimum atomic E-state index is -0.670. The van der Waals surface area contributed by atoms with Gasteiger partial charge in [0.1, 0.15) is 0 Å². The molecule has 0 aliphatic heterocycles. The summed E-state index contributed by atoms with van der Waals surface area (Å²) in [4.78, 5) is 12.8. The van der Waals surface area contributed by atoms with E-state index in [1.807, 2.05) is 0 Å². The Morgan fingerprint density at radius 3 is 2.12 bits per heavy atom. The molecule has 0 unspecified atom stereocenters. The molecular weight excluding hydrogens is 424 g/mol. The van der Waals surface area contributed by atoms with Crippen LogP contribution >= 0.6 is 0 Å². The lowest BCUT2D eigenvalue weighted by Crippen LogP contribution is -2.66. The van der Waals surface area contributed by atoms with Gasteiger partial charge in [-0.1, -0.05) is 59.6 Å². The molecule has 192 valence electrons. The van der Waals surface area contributed by atoms with Gasteiger partial charge in [-0.2, -0.15) is 0 Å². The normalized spacial score (nSPS) is 51.6. The molecule has 5 rings (SSSR count). The number of hydrogen-bond donors (Lipinski definition) is 3. The molecule has 0 saturated heterocycles. The minimum Gasteiger partial charge on any atom is -0.481 e. The molecule has 0 heterocycles. The maximum atomic E-state index is 12.8. The number of rotatable bonds is 1. The van der Waals surface area contributed by atoms with Gasteiger partial charge in [-0.05, 0) is 103 Å². The fraction of sp³-hybridized carbons (Fsp3) is 0.900. The molecule has 5 aliphatic rings. The zero-order valence-electron chi connectivity index (χ0n) is 22.6. The molecular formula is C30H48O4. The lowest BCUT2D eigenvalue weighted by Gasteiger charge is -2.71. The van der Waals surface area contributed by atoms with Gasteiger partial charge in [0, 0.05) is 0 Å². The van der Waals surface area contributed by atoms with Crippen molar-refractivity contribution < 1.29 is 20.1 Å². The van der Waals surface area contributed by atoms with E-state index in [-0.39, 0.29) is 27.1 Å². The molecule has 4 saturated carbocycles. The van der Waals surface area contributed by atoms with Crippen LogP contribution in [0.25, 0.3) is 0 Å². The third kappa shape index (κ3) is 2.88. The first-order chi connectivity index (χ1) is 15.6. The average molecular weight is 473 g/mol. The highest BCUT2D eigenvalue weighted by Crippen LogP contribution is 2.75. The third-order valence-corrected chi connectivity index (χ3v) is 12.9. The zero-order chi connectivity index (χ0) is 25.1. The first-order valence-corrected chi connectivity index (χ1v) is 13.9. The number of carbonyl (C=O) groups is 1. The molecule has 5 aliphatic carbocycles. The second-order valence-electron chi connectivity index (χ2n) is 15.2. The summed E-state index contributed by atoms with van der Waals surface area (Å²) < 4.78 is 0. The Morgan fingerprint density at radius 2 is 1.47 bits per heavy atom. The third-order valence-electron chi connectivity index (χ3n) is 12.9. The van der Waals surface area contributed by atoms with Crippen molar-refractivity contribution in [3.63, 3.8) is 0 Å². The molecule has 4 nitrogen and oxygen atoms in total. The van der Waals surface area contributed by atoms with Gasteiger partial charge in [0.2, 0.25) is 0 Å². The summed E-state index contributed by atoms with van der Waals surface area (Å²) in [6.07, 6.45) is 8.03. The van der Waals surface area contributed by atoms with Gasteiger partial charge in [0.25, 0.3) is 0 Å². The molecule has 0 aromatic heterocycles. The Morgan fingerprint density at radius 1 is 0.824 bits per heavy atom. The number of carboxylic acids is 1. The van der Waals surface area contributed by atoms with Crippen LogP contribution in [0.15, 0.2) is 11.1 Å². The summed E-state index contributed by atoms with van der Waals surface area (Å²) in [6, 6.07) is 0. The van der Waals surface area contributed by atoms with E-state index >= 15 is 0 Å². The first kappa shape index (κ1) is 24.8. The number of aliphatic hydroxyl groups excluding tert-OH is 2. The van der Waals surface area contributed by atoms with Gasteiger partial charge in [-0.15, -0.1) is 0 Å². The summed E-state index contributed by atoms with van der Waals surface area (Å²) in [5.41, 5.74) is 2.07. The van der Waals surface area contributed by atoms with Crippen molar-refractivity contribution in [1.29, 1.82) is 0 Å². The van der Waals surface area contributed by atoms with Crippen molar-refractivity contribution in [2.45, 2.75) is 125 Å². The van der Waals surface area contributed by atoms with Gasteiger partial charge >= 0.3 is 5.97 Å². The van der Waals surface area contributed by atoms with E-state index in [1.54, 1.807) is 0 Å². The predicted octanol–water partition coefficient (Wildman–Crippen LogP) is 6.35. The van der Waals surface area contributed by atoms with Gasteiger partial charge in [0.15, 0.2) is 0 Å². The van der Waals surface area contributed by atoms with Crippen LogP contribution in [-0.2, 0) is 4.79 Å². The predicted molar refractivity (Wildman–Crippen MR) is 134 cm³/mol. The Kier molecular flexibility index (Phi) is 5.20. The van der Waals surface area contributed by atoms with Gasteiger partial charge < -0.3 is 15.3 Å². The van der Waals surface area contributed by atoms with E-state index in [0.717, 1.165) is 57.8 Å². The Hall–Kier alpha value is -0.870. The lowest BCUT2D eigenvalue weighted by atomic mass is 9.34. The van der Waals surface area contributed by atoms with Crippen LogP contribution in [-0.4, -0.2) is 33.5 Å². The van der Waals surface area contributed by atoms with Crippen molar-refractivity contribution in [2.75, 3.05) is 0 Å². The average Bonchev–Trinajstić information content (AvgIpc) is 2.72. The lowest BCUT2D eigenvalue weighted by molar-refractivity contribution is -0.233. The molecule has 4 heteroatoms. The summed E-state index contributed by atoms with van der Waals surface area (Å²) in [5.74, 6) is 0.273. The summed E-state index contributed by atoms with van der Waals surface area (Å²) in [7, 11) is 0. The Bertz CT molecular complexity index is 932. The van der Waals surface area contributed by atoms with Crippen molar-refractivity contribution in [3.8, 4) is 0 Å². The number of carboxylic acid groups (broad SMARTS) is 1. The molecule has 0 aromatic rings. The summed E-state index contributed by atoms with van der Waals surface area (Å²) in [6.45, 7) is 16.3. The maximum absolute atomic E-state index is 12.8. The second kappa shape index (κ2) is 7.12. The van der Waals surface area contributed by atoms with Gasteiger partial charge in [0.05, 0.1) is 17.6 Å². The van der Waals surface area contributed by atoms with E-state index < -0.39 is 23.6 Å². The van der Waals surface area contributed by atoms with Crippen LogP contribution in [0.3, 0.4) is 0 Å². The highest BCUT2D eigenvalue weighted by Gasteiger charge is 2.69. The Balaban J connectivity index is 1.63. The van der Waals surface area contributed by atoms with E-state index in [9.17, 15) is 20.1 Å². The standard InChI is InChI=1S/C30H48O4/c1-25(2)12-14-30(24(33)34)15-13-28(6)18(19(30)16-25)8-9-22-27(5)17-20(31)23(32)26(3,4)21(27)10-11-29(22,28)7/h20-23,31-32H,8-17H2,1-7H3,(H,33,34)/t20-,21+,22-,23+,27+,28-,29-,30+/m1/s1. The molecule has 0 spiro atoms. The highest BCUT2D eigenvalue weighted by atomic mass is 16.4. The van der Waals surface area contributed by atoms with Crippen LogP contribution in [0, 0.1) is 44.3 Å².